The van der Waals surface area contributed by atoms with E-state index < -0.39 is 0 Å². The molecule has 0 aliphatic heterocycles. The largest absolute Gasteiger partial charge is 0.411 e. The van der Waals surface area contributed by atoms with Crippen LogP contribution in [-0.2, 0) is 4.79 Å². The average Bonchev–Trinajstić information content (AvgIpc) is 2.13. The van der Waals surface area contributed by atoms with Crippen LogP contribution in [0.2, 0.25) is 0 Å². The third-order valence-corrected chi connectivity index (χ3v) is 1.99. The molecule has 4 nitrogen and oxygen atoms in total. The van der Waals surface area contributed by atoms with E-state index in [1.54, 1.807) is 0 Å². The van der Waals surface area contributed by atoms with E-state index in [1.165, 1.54) is 0 Å². The number of rotatable bonds is 7. The van der Waals surface area contributed by atoms with Gasteiger partial charge in [-0.2, -0.15) is 0 Å². The van der Waals surface area contributed by atoms with Crippen LogP contribution in [0, 0.1) is 0 Å². The van der Waals surface area contributed by atoms with Crippen molar-refractivity contribution in [2.45, 2.75) is 26.7 Å². The molecule has 0 rings (SSSR count). The topological polar surface area (TPSA) is 52.9 Å². The lowest BCUT2D eigenvalue weighted by atomic mass is 10.2. The van der Waals surface area contributed by atoms with E-state index >= 15 is 0 Å². The first-order valence-electron chi connectivity index (χ1n) is 4.67. The van der Waals surface area contributed by atoms with Crippen LogP contribution >= 0.6 is 12.4 Å². The van der Waals surface area contributed by atoms with Gasteiger partial charge < -0.3 is 10.1 Å². The normalized spacial score (nSPS) is 10.5. The van der Waals surface area contributed by atoms with Gasteiger partial charge in [0, 0.05) is 6.42 Å². The summed E-state index contributed by atoms with van der Waals surface area (Å²) in [6.07, 6.45) is 2.25. The fourth-order valence-corrected chi connectivity index (χ4v) is 1.15. The molecule has 0 amide bonds. The molecule has 0 aromatic rings. The number of hydrogen-bond donors (Lipinski definition) is 1. The van der Waals surface area contributed by atoms with Gasteiger partial charge in [-0.25, -0.2) is 0 Å². The number of carbonyl (C=O) groups excluding carboxylic acids is 1. The molecule has 0 atom stereocenters. The van der Waals surface area contributed by atoms with Crippen molar-refractivity contribution >= 4 is 24.4 Å². The molecule has 0 aromatic heterocycles. The van der Waals surface area contributed by atoms with Crippen molar-refractivity contribution in [2.75, 3.05) is 19.6 Å². The van der Waals surface area contributed by atoms with Crippen LogP contribution in [0.1, 0.15) is 26.7 Å². The van der Waals surface area contributed by atoms with Crippen LogP contribution in [0.3, 0.4) is 0 Å². The van der Waals surface area contributed by atoms with E-state index in [9.17, 15) is 4.79 Å². The molecular formula is C9H19ClN2O2. The molecule has 14 heavy (non-hydrogen) atoms. The van der Waals surface area contributed by atoms with E-state index in [0.717, 1.165) is 32.3 Å². The maximum atomic E-state index is 10.9. The number of oxime groups is 1. The van der Waals surface area contributed by atoms with Gasteiger partial charge in [0.1, 0.15) is 6.21 Å². The number of nitrogens with zero attached hydrogens (tertiary/aromatic N) is 2. The first-order valence-corrected chi connectivity index (χ1v) is 4.67. The number of hydrogen-bond acceptors (Lipinski definition) is 4. The van der Waals surface area contributed by atoms with E-state index in [1.807, 2.05) is 0 Å². The van der Waals surface area contributed by atoms with Gasteiger partial charge in [-0.3, -0.25) is 4.79 Å². The Morgan fingerprint density at radius 2 is 2.00 bits per heavy atom. The summed E-state index contributed by atoms with van der Waals surface area (Å²) in [6, 6.07) is 0. The zero-order chi connectivity index (χ0) is 10.1. The molecule has 0 spiro atoms. The fraction of sp³-hybridized carbons (Fsp3) is 0.778. The minimum atomic E-state index is -0.116. The summed E-state index contributed by atoms with van der Waals surface area (Å²) in [6.45, 7) is 7.15. The first kappa shape index (κ1) is 15.8. The van der Waals surface area contributed by atoms with Gasteiger partial charge in [0.2, 0.25) is 0 Å². The molecule has 0 radical (unpaired) electrons. The number of Topliss-reactive ketones (excluding diaryl/α,β-unsaturated/α-hetero) is 1. The molecule has 0 saturated heterocycles. The Labute approximate surface area is 91.4 Å². The van der Waals surface area contributed by atoms with Gasteiger partial charge in [0.15, 0.2) is 5.78 Å². The Morgan fingerprint density at radius 1 is 1.43 bits per heavy atom. The predicted octanol–water partition coefficient (Wildman–Crippen LogP) is 1.56. The number of halogens is 1. The Balaban J connectivity index is 0. The van der Waals surface area contributed by atoms with Crippen molar-refractivity contribution < 1.29 is 10.0 Å². The van der Waals surface area contributed by atoms with Crippen LogP contribution in [-0.4, -0.2) is 41.7 Å². The quantitative estimate of drug-likeness (QED) is 0.404. The smallest absolute Gasteiger partial charge is 0.177 e. The summed E-state index contributed by atoms with van der Waals surface area (Å²) < 4.78 is 0. The minimum absolute atomic E-state index is 0. The van der Waals surface area contributed by atoms with Crippen LogP contribution in [0.4, 0.5) is 0 Å². The van der Waals surface area contributed by atoms with Crippen molar-refractivity contribution in [3.8, 4) is 0 Å². The Bertz CT molecular complexity index is 170. The maximum absolute atomic E-state index is 10.9. The Morgan fingerprint density at radius 3 is 2.43 bits per heavy atom. The molecule has 0 aliphatic carbocycles. The van der Waals surface area contributed by atoms with Crippen molar-refractivity contribution in [2.24, 2.45) is 5.16 Å². The average molecular weight is 223 g/mol. The van der Waals surface area contributed by atoms with Gasteiger partial charge in [-0.15, -0.1) is 12.4 Å². The third kappa shape index (κ3) is 8.01. The van der Waals surface area contributed by atoms with Gasteiger partial charge in [0.25, 0.3) is 0 Å². The minimum Gasteiger partial charge on any atom is -0.411 e. The van der Waals surface area contributed by atoms with Crippen LogP contribution < -0.4 is 0 Å². The zero-order valence-electron chi connectivity index (χ0n) is 8.77. The molecular weight excluding hydrogens is 204 g/mol. The van der Waals surface area contributed by atoms with Crippen molar-refractivity contribution in [3.63, 3.8) is 0 Å². The number of ketones is 1. The Hall–Kier alpha value is -0.610. The second-order valence-electron chi connectivity index (χ2n) is 2.84. The molecule has 0 heterocycles. The van der Waals surface area contributed by atoms with Gasteiger partial charge in [-0.1, -0.05) is 19.0 Å². The molecule has 5 heteroatoms. The van der Waals surface area contributed by atoms with E-state index in [2.05, 4.69) is 23.9 Å². The van der Waals surface area contributed by atoms with Crippen LogP contribution in [0.25, 0.3) is 0 Å². The second-order valence-corrected chi connectivity index (χ2v) is 2.84. The lowest BCUT2D eigenvalue weighted by Crippen LogP contribution is -2.24. The monoisotopic (exact) mass is 222 g/mol. The summed E-state index contributed by atoms with van der Waals surface area (Å²) in [5.41, 5.74) is 0. The SMILES string of the molecule is CCN(CC)CCCC(=O)/C=N/O.Cl. The molecule has 84 valence electrons. The maximum Gasteiger partial charge on any atom is 0.177 e. The van der Waals surface area contributed by atoms with Crippen molar-refractivity contribution in [1.82, 2.24) is 4.90 Å². The molecule has 0 aliphatic rings. The second kappa shape index (κ2) is 10.5. The molecule has 0 fully saturated rings. The fourth-order valence-electron chi connectivity index (χ4n) is 1.15. The zero-order valence-corrected chi connectivity index (χ0v) is 9.59. The van der Waals surface area contributed by atoms with Gasteiger partial charge in [0.05, 0.1) is 0 Å². The summed E-state index contributed by atoms with van der Waals surface area (Å²) in [7, 11) is 0. The summed E-state index contributed by atoms with van der Waals surface area (Å²) in [4.78, 5) is 13.1. The van der Waals surface area contributed by atoms with Crippen LogP contribution in [0.5, 0.6) is 0 Å². The highest BCUT2D eigenvalue weighted by molar-refractivity contribution is 6.27. The third-order valence-electron chi connectivity index (χ3n) is 1.99. The summed E-state index contributed by atoms with van der Waals surface area (Å²) >= 11 is 0. The van der Waals surface area contributed by atoms with E-state index in [4.69, 9.17) is 5.21 Å². The lowest BCUT2D eigenvalue weighted by molar-refractivity contribution is -0.112. The van der Waals surface area contributed by atoms with Gasteiger partial charge in [-0.05, 0) is 26.1 Å². The molecule has 1 N–H and O–H groups in total. The number of carbonyl (C=O) groups is 1. The van der Waals surface area contributed by atoms with E-state index in [0.29, 0.717) is 6.42 Å². The summed E-state index contributed by atoms with van der Waals surface area (Å²) in [5, 5.41) is 10.8. The Kier molecular flexibility index (Phi) is 11.9. The van der Waals surface area contributed by atoms with E-state index in [-0.39, 0.29) is 18.2 Å². The highest BCUT2D eigenvalue weighted by atomic mass is 35.5. The van der Waals surface area contributed by atoms with Crippen molar-refractivity contribution in [1.29, 1.82) is 0 Å². The van der Waals surface area contributed by atoms with Crippen LogP contribution in [0.15, 0.2) is 5.16 Å². The first-order chi connectivity index (χ1) is 6.24. The molecule has 0 aromatic carbocycles. The molecule has 0 bridgehead atoms. The van der Waals surface area contributed by atoms with Gasteiger partial charge >= 0.3 is 0 Å². The summed E-state index contributed by atoms with van der Waals surface area (Å²) in [5.74, 6) is -0.116. The molecule has 0 unspecified atom stereocenters. The molecule has 0 saturated carbocycles. The highest BCUT2D eigenvalue weighted by Gasteiger charge is 2.01. The predicted molar refractivity (Wildman–Crippen MR) is 59.6 cm³/mol. The van der Waals surface area contributed by atoms with Crippen molar-refractivity contribution in [3.05, 3.63) is 0 Å². The standard InChI is InChI=1S/C9H18N2O2.ClH/c1-3-11(4-2)7-5-6-9(12)8-10-13;/h8,13H,3-7H2,1-2H3;1H/b10-8+;. The lowest BCUT2D eigenvalue weighted by Gasteiger charge is -2.16. The highest BCUT2D eigenvalue weighted by Crippen LogP contribution is 1.94.